The van der Waals surface area contributed by atoms with E-state index in [-0.39, 0.29) is 5.91 Å². The van der Waals surface area contributed by atoms with E-state index in [1.807, 2.05) is 19.1 Å². The zero-order valence-electron chi connectivity index (χ0n) is 11.8. The number of rotatable bonds is 6. The molecule has 1 unspecified atom stereocenters. The molecule has 1 aromatic heterocycles. The molecule has 1 aromatic carbocycles. The topological polar surface area (TPSA) is 55.1 Å². The summed E-state index contributed by atoms with van der Waals surface area (Å²) in [6.07, 6.45) is 1.04. The van der Waals surface area contributed by atoms with Gasteiger partial charge in [0.2, 0.25) is 5.91 Å². The first-order valence-electron chi connectivity index (χ1n) is 6.71. The molecule has 2 aromatic rings. The Labute approximate surface area is 123 Å². The largest absolute Gasteiger partial charge is 0.366 e. The van der Waals surface area contributed by atoms with Crippen molar-refractivity contribution in [3.8, 4) is 0 Å². The molecule has 0 aliphatic heterocycles. The highest BCUT2D eigenvalue weighted by molar-refractivity contribution is 7.09. The summed E-state index contributed by atoms with van der Waals surface area (Å²) in [4.78, 5) is 12.5. The van der Waals surface area contributed by atoms with E-state index < -0.39 is 0 Å². The lowest BCUT2D eigenvalue weighted by atomic mass is 10.0. The number of benzene rings is 1. The zero-order valence-corrected chi connectivity index (χ0v) is 12.7. The van der Waals surface area contributed by atoms with E-state index in [4.69, 9.17) is 5.73 Å². The van der Waals surface area contributed by atoms with Crippen LogP contribution in [0.4, 0.5) is 0 Å². The number of thiophene rings is 1. The van der Waals surface area contributed by atoms with Gasteiger partial charge in [-0.25, -0.2) is 0 Å². The van der Waals surface area contributed by atoms with Crippen LogP contribution in [-0.4, -0.2) is 11.9 Å². The number of primary amides is 1. The Balaban J connectivity index is 1.92. The van der Waals surface area contributed by atoms with Crippen molar-refractivity contribution in [1.82, 2.24) is 5.32 Å². The molecule has 20 heavy (non-hydrogen) atoms. The second kappa shape index (κ2) is 6.68. The Morgan fingerprint density at radius 1 is 1.40 bits per heavy atom. The Kier molecular flexibility index (Phi) is 4.93. The summed E-state index contributed by atoms with van der Waals surface area (Å²) in [5, 5.41) is 5.62. The summed E-state index contributed by atoms with van der Waals surface area (Å²) in [6.45, 7) is 5.00. The van der Waals surface area contributed by atoms with Gasteiger partial charge >= 0.3 is 0 Å². The fraction of sp³-hybridized carbons (Fsp3) is 0.312. The zero-order chi connectivity index (χ0) is 14.5. The first-order valence-corrected chi connectivity index (χ1v) is 7.59. The van der Waals surface area contributed by atoms with E-state index >= 15 is 0 Å². The highest BCUT2D eigenvalue weighted by atomic mass is 32.1. The lowest BCUT2D eigenvalue weighted by Crippen LogP contribution is -2.27. The van der Waals surface area contributed by atoms with Crippen molar-refractivity contribution in [2.45, 2.75) is 32.9 Å². The number of hydrogen-bond acceptors (Lipinski definition) is 3. The standard InChI is InChI=1S/C16H20N2OS/c1-11-8-13(16(17)19)5-6-14(11)10-18-12(2)9-15-4-3-7-20-15/h3-8,12,18H,9-10H2,1-2H3,(H2,17,19). The number of aryl methyl sites for hydroxylation is 1. The highest BCUT2D eigenvalue weighted by Gasteiger charge is 2.07. The molecule has 0 radical (unpaired) electrons. The summed E-state index contributed by atoms with van der Waals surface area (Å²) in [5.74, 6) is -0.376. The van der Waals surface area contributed by atoms with Crippen molar-refractivity contribution in [3.63, 3.8) is 0 Å². The number of nitrogens with one attached hydrogen (secondary N) is 1. The third-order valence-electron chi connectivity index (χ3n) is 3.36. The van der Waals surface area contributed by atoms with Gasteiger partial charge in [-0.15, -0.1) is 11.3 Å². The Bertz CT molecular complexity index is 578. The minimum absolute atomic E-state index is 0.376. The molecule has 0 aliphatic rings. The molecule has 1 atom stereocenters. The van der Waals surface area contributed by atoms with Gasteiger partial charge in [0.25, 0.3) is 0 Å². The van der Waals surface area contributed by atoms with Gasteiger partial charge in [0.15, 0.2) is 0 Å². The lowest BCUT2D eigenvalue weighted by Gasteiger charge is -2.14. The first kappa shape index (κ1) is 14.8. The molecule has 0 spiro atoms. The van der Waals surface area contributed by atoms with Crippen molar-refractivity contribution in [1.29, 1.82) is 0 Å². The summed E-state index contributed by atoms with van der Waals surface area (Å²) in [6, 6.07) is 10.3. The molecule has 3 nitrogen and oxygen atoms in total. The van der Waals surface area contributed by atoms with Gasteiger partial charge in [0, 0.05) is 23.0 Å². The van der Waals surface area contributed by atoms with E-state index in [1.54, 1.807) is 17.4 Å². The van der Waals surface area contributed by atoms with Crippen LogP contribution in [0.1, 0.15) is 33.3 Å². The van der Waals surface area contributed by atoms with E-state index in [0.717, 1.165) is 18.5 Å². The quantitative estimate of drug-likeness (QED) is 0.858. The average Bonchev–Trinajstić information content (AvgIpc) is 2.90. The maximum absolute atomic E-state index is 11.1. The van der Waals surface area contributed by atoms with Gasteiger partial charge in [0.1, 0.15) is 0 Å². The molecule has 0 aliphatic carbocycles. The maximum atomic E-state index is 11.1. The smallest absolute Gasteiger partial charge is 0.248 e. The number of hydrogen-bond donors (Lipinski definition) is 2. The summed E-state index contributed by atoms with van der Waals surface area (Å²) < 4.78 is 0. The Morgan fingerprint density at radius 3 is 2.80 bits per heavy atom. The molecule has 3 N–H and O–H groups in total. The normalized spacial score (nSPS) is 12.3. The molecule has 2 rings (SSSR count). The Morgan fingerprint density at radius 2 is 2.20 bits per heavy atom. The van der Waals surface area contributed by atoms with E-state index in [1.165, 1.54) is 10.4 Å². The summed E-state index contributed by atoms with van der Waals surface area (Å²) in [7, 11) is 0. The van der Waals surface area contributed by atoms with Crippen molar-refractivity contribution in [2.75, 3.05) is 0 Å². The van der Waals surface area contributed by atoms with E-state index in [9.17, 15) is 4.79 Å². The first-order chi connectivity index (χ1) is 9.56. The third kappa shape index (κ3) is 3.92. The van der Waals surface area contributed by atoms with Crippen molar-refractivity contribution < 1.29 is 4.79 Å². The van der Waals surface area contributed by atoms with Crippen LogP contribution in [-0.2, 0) is 13.0 Å². The van der Waals surface area contributed by atoms with Crippen LogP contribution in [0, 0.1) is 6.92 Å². The van der Waals surface area contributed by atoms with Gasteiger partial charge in [-0.2, -0.15) is 0 Å². The molecular formula is C16H20N2OS. The van der Waals surface area contributed by atoms with Gasteiger partial charge < -0.3 is 11.1 Å². The molecule has 0 fully saturated rings. The maximum Gasteiger partial charge on any atom is 0.248 e. The molecule has 106 valence electrons. The fourth-order valence-corrected chi connectivity index (χ4v) is 2.97. The second-order valence-electron chi connectivity index (χ2n) is 5.07. The minimum Gasteiger partial charge on any atom is -0.366 e. The van der Waals surface area contributed by atoms with E-state index in [2.05, 4.69) is 29.8 Å². The minimum atomic E-state index is -0.376. The second-order valence-corrected chi connectivity index (χ2v) is 6.10. The molecule has 1 amide bonds. The van der Waals surface area contributed by atoms with Crippen LogP contribution in [0.5, 0.6) is 0 Å². The number of carbonyl (C=O) groups excluding carboxylic acids is 1. The van der Waals surface area contributed by atoms with Crippen molar-refractivity contribution >= 4 is 17.2 Å². The predicted octanol–water partition coefficient (Wildman–Crippen LogP) is 2.88. The third-order valence-corrected chi connectivity index (χ3v) is 4.25. The number of carbonyl (C=O) groups is 1. The molecule has 1 heterocycles. The van der Waals surface area contributed by atoms with Crippen LogP contribution in [0.15, 0.2) is 35.7 Å². The van der Waals surface area contributed by atoms with E-state index in [0.29, 0.717) is 11.6 Å². The van der Waals surface area contributed by atoms with Crippen LogP contribution in [0.2, 0.25) is 0 Å². The van der Waals surface area contributed by atoms with Crippen LogP contribution >= 0.6 is 11.3 Å². The highest BCUT2D eigenvalue weighted by Crippen LogP contribution is 2.13. The summed E-state index contributed by atoms with van der Waals surface area (Å²) >= 11 is 1.79. The SMILES string of the molecule is Cc1cc(C(N)=O)ccc1CNC(C)Cc1cccs1. The average molecular weight is 288 g/mol. The molecule has 0 saturated carbocycles. The summed E-state index contributed by atoms with van der Waals surface area (Å²) in [5.41, 5.74) is 8.14. The van der Waals surface area contributed by atoms with Gasteiger partial charge in [-0.05, 0) is 55.0 Å². The van der Waals surface area contributed by atoms with Crippen LogP contribution < -0.4 is 11.1 Å². The molecule has 0 bridgehead atoms. The molecule has 0 saturated heterocycles. The van der Waals surface area contributed by atoms with Crippen LogP contribution in [0.3, 0.4) is 0 Å². The van der Waals surface area contributed by atoms with Crippen LogP contribution in [0.25, 0.3) is 0 Å². The molecular weight excluding hydrogens is 268 g/mol. The van der Waals surface area contributed by atoms with Crippen molar-refractivity contribution in [3.05, 3.63) is 57.3 Å². The monoisotopic (exact) mass is 288 g/mol. The predicted molar refractivity (Wildman–Crippen MR) is 84.0 cm³/mol. The number of nitrogens with two attached hydrogens (primary N) is 1. The molecule has 4 heteroatoms. The Hall–Kier alpha value is -1.65. The van der Waals surface area contributed by atoms with Gasteiger partial charge in [-0.3, -0.25) is 4.79 Å². The fourth-order valence-electron chi connectivity index (χ4n) is 2.13. The number of amides is 1. The van der Waals surface area contributed by atoms with Crippen molar-refractivity contribution in [2.24, 2.45) is 5.73 Å². The van der Waals surface area contributed by atoms with Gasteiger partial charge in [-0.1, -0.05) is 12.1 Å². The lowest BCUT2D eigenvalue weighted by molar-refractivity contribution is 0.1000. The van der Waals surface area contributed by atoms with Gasteiger partial charge in [0.05, 0.1) is 0 Å².